The molecule has 2 nitrogen and oxygen atoms in total. The molecule has 2 atom stereocenters. The van der Waals surface area contributed by atoms with Crippen molar-refractivity contribution in [1.29, 1.82) is 0 Å². The van der Waals surface area contributed by atoms with Gasteiger partial charge in [0, 0.05) is 18.6 Å². The Kier molecular flexibility index (Phi) is 3.24. The molecule has 1 aliphatic rings. The van der Waals surface area contributed by atoms with Crippen molar-refractivity contribution in [3.05, 3.63) is 34.6 Å². The molecule has 1 N–H and O–H groups in total. The van der Waals surface area contributed by atoms with E-state index in [0.29, 0.717) is 25.0 Å². The third-order valence-corrected chi connectivity index (χ3v) is 2.88. The summed E-state index contributed by atoms with van der Waals surface area (Å²) < 4.78 is 19.0. The van der Waals surface area contributed by atoms with Crippen LogP contribution in [0.25, 0.3) is 0 Å². The fourth-order valence-electron chi connectivity index (χ4n) is 1.77. The Morgan fingerprint density at radius 3 is 3.00 bits per heavy atom. The Morgan fingerprint density at radius 2 is 2.27 bits per heavy atom. The molecule has 1 aliphatic heterocycles. The summed E-state index contributed by atoms with van der Waals surface area (Å²) in [5.41, 5.74) is 0.432. The summed E-state index contributed by atoms with van der Waals surface area (Å²) in [4.78, 5) is 0. The van der Waals surface area contributed by atoms with Crippen LogP contribution in [0.2, 0.25) is 5.02 Å². The molecule has 0 spiro atoms. The highest BCUT2D eigenvalue weighted by atomic mass is 35.5. The van der Waals surface area contributed by atoms with Crippen molar-refractivity contribution in [2.75, 3.05) is 6.61 Å². The van der Waals surface area contributed by atoms with Crippen LogP contribution in [-0.2, 0) is 4.74 Å². The van der Waals surface area contributed by atoms with Crippen LogP contribution in [0.5, 0.6) is 0 Å². The molecule has 0 saturated carbocycles. The fraction of sp³-hybridized carbons (Fsp3) is 0.455. The molecule has 0 aliphatic carbocycles. The first-order valence-corrected chi connectivity index (χ1v) is 5.30. The zero-order valence-corrected chi connectivity index (χ0v) is 8.88. The van der Waals surface area contributed by atoms with Crippen molar-refractivity contribution in [1.82, 2.24) is 0 Å². The predicted octanol–water partition coefficient (Wildman–Crippen LogP) is 2.69. The highest BCUT2D eigenvalue weighted by Crippen LogP contribution is 2.31. The van der Waals surface area contributed by atoms with Gasteiger partial charge in [0.05, 0.1) is 17.2 Å². The Hall–Kier alpha value is -0.640. The van der Waals surface area contributed by atoms with Gasteiger partial charge in [-0.3, -0.25) is 0 Å². The second kappa shape index (κ2) is 4.47. The van der Waals surface area contributed by atoms with E-state index in [1.165, 1.54) is 6.07 Å². The fourth-order valence-corrected chi connectivity index (χ4v) is 1.95. The average molecular weight is 231 g/mol. The van der Waals surface area contributed by atoms with E-state index in [4.69, 9.17) is 16.3 Å². The normalized spacial score (nSPS) is 26.6. The van der Waals surface area contributed by atoms with Crippen LogP contribution in [0.4, 0.5) is 4.39 Å². The van der Waals surface area contributed by atoms with Crippen LogP contribution in [-0.4, -0.2) is 17.8 Å². The first-order valence-electron chi connectivity index (χ1n) is 4.92. The monoisotopic (exact) mass is 230 g/mol. The van der Waals surface area contributed by atoms with Crippen LogP contribution in [0.1, 0.15) is 24.5 Å². The smallest absolute Gasteiger partial charge is 0.147 e. The minimum Gasteiger partial charge on any atom is -0.393 e. The predicted molar refractivity (Wildman–Crippen MR) is 55.3 cm³/mol. The maximum atomic E-state index is 13.6. The lowest BCUT2D eigenvalue weighted by Gasteiger charge is -2.27. The summed E-state index contributed by atoms with van der Waals surface area (Å²) in [5, 5.41) is 9.56. The summed E-state index contributed by atoms with van der Waals surface area (Å²) >= 11 is 5.68. The maximum Gasteiger partial charge on any atom is 0.147 e. The van der Waals surface area contributed by atoms with Gasteiger partial charge in [0.15, 0.2) is 0 Å². The summed E-state index contributed by atoms with van der Waals surface area (Å²) in [5.74, 6) is -0.446. The van der Waals surface area contributed by atoms with Crippen LogP contribution >= 0.6 is 11.6 Å². The molecule has 1 fully saturated rings. The van der Waals surface area contributed by atoms with Gasteiger partial charge in [-0.15, -0.1) is 0 Å². The average Bonchev–Trinajstić information content (AvgIpc) is 2.22. The molecular formula is C11H12ClFO2. The summed E-state index contributed by atoms with van der Waals surface area (Å²) in [6.45, 7) is 0.456. The molecule has 1 aromatic carbocycles. The minimum atomic E-state index is -0.446. The van der Waals surface area contributed by atoms with Crippen molar-refractivity contribution in [2.45, 2.75) is 25.0 Å². The summed E-state index contributed by atoms with van der Waals surface area (Å²) in [6.07, 6.45) is 0.241. The molecule has 4 heteroatoms. The van der Waals surface area contributed by atoms with E-state index in [0.717, 1.165) is 0 Å². The molecule has 1 heterocycles. The largest absolute Gasteiger partial charge is 0.393 e. The van der Waals surface area contributed by atoms with E-state index in [2.05, 4.69) is 0 Å². The van der Waals surface area contributed by atoms with Gasteiger partial charge < -0.3 is 9.84 Å². The Labute approximate surface area is 92.6 Å². The van der Waals surface area contributed by atoms with Gasteiger partial charge in [0.25, 0.3) is 0 Å². The molecule has 1 saturated heterocycles. The van der Waals surface area contributed by atoms with Gasteiger partial charge in [0.2, 0.25) is 0 Å². The second-order valence-electron chi connectivity index (χ2n) is 3.68. The number of hydrogen-bond donors (Lipinski definition) is 1. The lowest BCUT2D eigenvalue weighted by Crippen LogP contribution is -2.24. The summed E-state index contributed by atoms with van der Waals surface area (Å²) in [6, 6.07) is 4.83. The molecule has 1 aromatic rings. The van der Waals surface area contributed by atoms with Crippen molar-refractivity contribution < 1.29 is 14.2 Å². The lowest BCUT2D eigenvalue weighted by molar-refractivity contribution is -0.0461. The van der Waals surface area contributed by atoms with Crippen molar-refractivity contribution in [3.63, 3.8) is 0 Å². The molecule has 0 radical (unpaired) electrons. The van der Waals surface area contributed by atoms with Gasteiger partial charge in [-0.2, -0.15) is 0 Å². The van der Waals surface area contributed by atoms with E-state index < -0.39 is 11.9 Å². The second-order valence-corrected chi connectivity index (χ2v) is 4.09. The van der Waals surface area contributed by atoms with Crippen LogP contribution in [0, 0.1) is 5.82 Å². The Morgan fingerprint density at radius 1 is 1.47 bits per heavy atom. The molecule has 82 valence electrons. The lowest BCUT2D eigenvalue weighted by atomic mass is 9.99. The highest BCUT2D eigenvalue weighted by molar-refractivity contribution is 6.30. The van der Waals surface area contributed by atoms with E-state index in [1.807, 2.05) is 0 Å². The van der Waals surface area contributed by atoms with E-state index in [-0.39, 0.29) is 11.1 Å². The molecule has 2 rings (SSSR count). The molecule has 0 amide bonds. The number of ether oxygens (including phenoxy) is 1. The molecule has 15 heavy (non-hydrogen) atoms. The van der Waals surface area contributed by atoms with E-state index in [9.17, 15) is 9.50 Å². The van der Waals surface area contributed by atoms with Gasteiger partial charge in [0.1, 0.15) is 5.82 Å². The van der Waals surface area contributed by atoms with Crippen molar-refractivity contribution in [3.8, 4) is 0 Å². The topological polar surface area (TPSA) is 29.5 Å². The van der Waals surface area contributed by atoms with E-state index in [1.54, 1.807) is 12.1 Å². The molecule has 2 unspecified atom stereocenters. The maximum absolute atomic E-state index is 13.6. The number of aliphatic hydroxyl groups is 1. The Balaban J connectivity index is 2.24. The number of benzene rings is 1. The highest BCUT2D eigenvalue weighted by Gasteiger charge is 2.25. The molecule has 0 aromatic heterocycles. The quantitative estimate of drug-likeness (QED) is 0.804. The SMILES string of the molecule is OC1CCOC(c2cccc(Cl)c2F)C1. The Bertz CT molecular complexity index is 356. The number of aliphatic hydroxyl groups excluding tert-OH is 1. The molecular weight excluding hydrogens is 219 g/mol. The van der Waals surface area contributed by atoms with Gasteiger partial charge in [-0.05, 0) is 12.5 Å². The number of halogens is 2. The van der Waals surface area contributed by atoms with E-state index >= 15 is 0 Å². The van der Waals surface area contributed by atoms with Gasteiger partial charge in [-0.25, -0.2) is 4.39 Å². The standard InChI is InChI=1S/C11H12ClFO2/c12-9-3-1-2-8(11(9)13)10-6-7(14)4-5-15-10/h1-3,7,10,14H,4-6H2. The summed E-state index contributed by atoms with van der Waals surface area (Å²) in [7, 11) is 0. The van der Waals surface area contributed by atoms with Crippen LogP contribution in [0.15, 0.2) is 18.2 Å². The van der Waals surface area contributed by atoms with Crippen molar-refractivity contribution in [2.24, 2.45) is 0 Å². The first kappa shape index (κ1) is 10.9. The number of rotatable bonds is 1. The minimum absolute atomic E-state index is 0.0937. The zero-order chi connectivity index (χ0) is 10.8. The zero-order valence-electron chi connectivity index (χ0n) is 8.12. The number of hydrogen-bond acceptors (Lipinski definition) is 2. The van der Waals surface area contributed by atoms with Gasteiger partial charge in [-0.1, -0.05) is 23.7 Å². The third-order valence-electron chi connectivity index (χ3n) is 2.58. The van der Waals surface area contributed by atoms with Crippen molar-refractivity contribution >= 4 is 11.6 Å². The third kappa shape index (κ3) is 2.30. The van der Waals surface area contributed by atoms with Gasteiger partial charge >= 0.3 is 0 Å². The van der Waals surface area contributed by atoms with Crippen LogP contribution in [0.3, 0.4) is 0 Å². The van der Waals surface area contributed by atoms with Crippen LogP contribution < -0.4 is 0 Å². The first-order chi connectivity index (χ1) is 7.18. The molecule has 0 bridgehead atoms.